The van der Waals surface area contributed by atoms with E-state index in [-0.39, 0.29) is 6.79 Å². The highest BCUT2D eigenvalue weighted by Gasteiger charge is 2.16. The lowest BCUT2D eigenvalue weighted by Gasteiger charge is -2.08. The van der Waals surface area contributed by atoms with E-state index in [4.69, 9.17) is 21.1 Å². The van der Waals surface area contributed by atoms with Crippen LogP contribution in [0.2, 0.25) is 5.15 Å². The first-order chi connectivity index (χ1) is 8.83. The summed E-state index contributed by atoms with van der Waals surface area (Å²) in [5.41, 5.74) is 1.03. The zero-order valence-electron chi connectivity index (χ0n) is 9.52. The average molecular weight is 263 g/mol. The molecule has 0 radical (unpaired) electrons. The number of nitrogens with zero attached hydrogens (tertiary/aromatic N) is 1. The second-order valence-electron chi connectivity index (χ2n) is 3.85. The van der Waals surface area contributed by atoms with E-state index >= 15 is 0 Å². The first kappa shape index (κ1) is 11.2. The van der Waals surface area contributed by atoms with Gasteiger partial charge in [-0.1, -0.05) is 29.8 Å². The van der Waals surface area contributed by atoms with Gasteiger partial charge in [0.15, 0.2) is 11.5 Å². The first-order valence-corrected chi connectivity index (χ1v) is 5.94. The molecular formula is C13H11ClN2O2. The minimum absolute atomic E-state index is 0.280. The van der Waals surface area contributed by atoms with Gasteiger partial charge in [0.1, 0.15) is 11.0 Å². The zero-order chi connectivity index (χ0) is 12.4. The average Bonchev–Trinajstić information content (AvgIpc) is 2.85. The van der Waals surface area contributed by atoms with E-state index < -0.39 is 0 Å². The molecule has 0 fully saturated rings. The lowest BCUT2D eigenvalue weighted by Crippen LogP contribution is -2.02. The van der Waals surface area contributed by atoms with Gasteiger partial charge in [0.25, 0.3) is 0 Å². The van der Waals surface area contributed by atoms with Crippen molar-refractivity contribution in [2.45, 2.75) is 6.54 Å². The molecule has 92 valence electrons. The van der Waals surface area contributed by atoms with Crippen LogP contribution in [-0.2, 0) is 6.54 Å². The molecule has 0 saturated carbocycles. The van der Waals surface area contributed by atoms with Crippen LogP contribution in [0.3, 0.4) is 0 Å². The topological polar surface area (TPSA) is 43.4 Å². The molecule has 18 heavy (non-hydrogen) atoms. The highest BCUT2D eigenvalue weighted by Crippen LogP contribution is 2.35. The molecule has 4 nitrogen and oxygen atoms in total. The van der Waals surface area contributed by atoms with E-state index in [0.29, 0.717) is 11.7 Å². The molecule has 5 heteroatoms. The molecule has 0 spiro atoms. The molecule has 0 aliphatic carbocycles. The largest absolute Gasteiger partial charge is 0.454 e. The molecule has 1 aromatic heterocycles. The molecule has 1 aliphatic rings. The SMILES string of the molecule is Clc1cccc(NCc2cccc3c2OCO3)n1. The van der Waals surface area contributed by atoms with Gasteiger partial charge in [-0.2, -0.15) is 0 Å². The number of halogens is 1. The molecule has 0 atom stereocenters. The highest BCUT2D eigenvalue weighted by molar-refractivity contribution is 6.29. The number of aromatic nitrogens is 1. The summed E-state index contributed by atoms with van der Waals surface area (Å²) in [5.74, 6) is 2.32. The van der Waals surface area contributed by atoms with Crippen LogP contribution >= 0.6 is 11.6 Å². The second kappa shape index (κ2) is 4.74. The van der Waals surface area contributed by atoms with Gasteiger partial charge in [-0.3, -0.25) is 0 Å². The van der Waals surface area contributed by atoms with Crippen molar-refractivity contribution in [3.05, 3.63) is 47.1 Å². The van der Waals surface area contributed by atoms with Crippen molar-refractivity contribution in [2.24, 2.45) is 0 Å². The maximum absolute atomic E-state index is 5.82. The Morgan fingerprint density at radius 3 is 2.94 bits per heavy atom. The predicted octanol–water partition coefficient (Wildman–Crippen LogP) is 3.08. The van der Waals surface area contributed by atoms with Crippen LogP contribution in [0.1, 0.15) is 5.56 Å². The van der Waals surface area contributed by atoms with Crippen molar-refractivity contribution >= 4 is 17.4 Å². The zero-order valence-corrected chi connectivity index (χ0v) is 10.3. The van der Waals surface area contributed by atoms with Crippen LogP contribution in [0, 0.1) is 0 Å². The normalized spacial score (nSPS) is 12.5. The third-order valence-electron chi connectivity index (χ3n) is 2.65. The standard InChI is InChI=1S/C13H11ClN2O2/c14-11-5-2-6-12(16-11)15-7-9-3-1-4-10-13(9)18-8-17-10/h1-6H,7-8H2,(H,15,16). The number of ether oxygens (including phenoxy) is 2. The molecular weight excluding hydrogens is 252 g/mol. The van der Waals surface area contributed by atoms with Gasteiger partial charge in [0.05, 0.1) is 0 Å². The van der Waals surface area contributed by atoms with Crippen LogP contribution in [0.15, 0.2) is 36.4 Å². The van der Waals surface area contributed by atoms with Crippen molar-refractivity contribution in [2.75, 3.05) is 12.1 Å². The summed E-state index contributed by atoms with van der Waals surface area (Å²) in [6.07, 6.45) is 0. The fourth-order valence-corrected chi connectivity index (χ4v) is 1.99. The van der Waals surface area contributed by atoms with E-state index in [1.54, 1.807) is 6.07 Å². The van der Waals surface area contributed by atoms with E-state index in [9.17, 15) is 0 Å². The maximum Gasteiger partial charge on any atom is 0.231 e. The molecule has 0 saturated heterocycles. The summed E-state index contributed by atoms with van der Waals surface area (Å²) in [6, 6.07) is 11.3. The van der Waals surface area contributed by atoms with Crippen LogP contribution in [0.5, 0.6) is 11.5 Å². The van der Waals surface area contributed by atoms with E-state index in [1.165, 1.54) is 0 Å². The Morgan fingerprint density at radius 2 is 2.06 bits per heavy atom. The Bertz CT molecular complexity index is 575. The van der Waals surface area contributed by atoms with Gasteiger partial charge < -0.3 is 14.8 Å². The summed E-state index contributed by atoms with van der Waals surface area (Å²) in [5, 5.41) is 3.67. The number of benzene rings is 1. The van der Waals surface area contributed by atoms with Gasteiger partial charge in [-0.25, -0.2) is 4.98 Å². The second-order valence-corrected chi connectivity index (χ2v) is 4.24. The van der Waals surface area contributed by atoms with E-state index in [2.05, 4.69) is 10.3 Å². The summed E-state index contributed by atoms with van der Waals surface area (Å²) < 4.78 is 10.8. The minimum Gasteiger partial charge on any atom is -0.454 e. The van der Waals surface area contributed by atoms with Crippen LogP contribution < -0.4 is 14.8 Å². The van der Waals surface area contributed by atoms with Crippen molar-refractivity contribution < 1.29 is 9.47 Å². The summed E-state index contributed by atoms with van der Waals surface area (Å²) >= 11 is 5.82. The molecule has 0 unspecified atom stereocenters. The van der Waals surface area contributed by atoms with Crippen molar-refractivity contribution in [3.8, 4) is 11.5 Å². The Labute approximate surface area is 110 Å². The number of anilines is 1. The van der Waals surface area contributed by atoms with Gasteiger partial charge in [0.2, 0.25) is 6.79 Å². The van der Waals surface area contributed by atoms with E-state index in [0.717, 1.165) is 22.9 Å². The number of pyridine rings is 1. The summed E-state index contributed by atoms with van der Waals surface area (Å²) in [4.78, 5) is 4.16. The number of hydrogen-bond donors (Lipinski definition) is 1. The summed E-state index contributed by atoms with van der Waals surface area (Å²) in [6.45, 7) is 0.891. The Morgan fingerprint density at radius 1 is 1.17 bits per heavy atom. The summed E-state index contributed by atoms with van der Waals surface area (Å²) in [7, 11) is 0. The molecule has 0 amide bonds. The molecule has 2 aromatic rings. The number of hydrogen-bond acceptors (Lipinski definition) is 4. The predicted molar refractivity (Wildman–Crippen MR) is 69.1 cm³/mol. The number of rotatable bonds is 3. The molecule has 3 rings (SSSR count). The lowest BCUT2D eigenvalue weighted by molar-refractivity contribution is 0.173. The van der Waals surface area contributed by atoms with Gasteiger partial charge in [0, 0.05) is 12.1 Å². The first-order valence-electron chi connectivity index (χ1n) is 5.57. The monoisotopic (exact) mass is 262 g/mol. The molecule has 2 heterocycles. The van der Waals surface area contributed by atoms with Gasteiger partial charge in [-0.05, 0) is 18.2 Å². The van der Waals surface area contributed by atoms with Crippen LogP contribution in [0.25, 0.3) is 0 Å². The lowest BCUT2D eigenvalue weighted by atomic mass is 10.2. The number of nitrogens with one attached hydrogen (secondary N) is 1. The molecule has 1 aliphatic heterocycles. The quantitative estimate of drug-likeness (QED) is 0.864. The number of para-hydroxylation sites is 1. The molecule has 1 aromatic carbocycles. The third-order valence-corrected chi connectivity index (χ3v) is 2.86. The smallest absolute Gasteiger partial charge is 0.231 e. The Kier molecular flexibility index (Phi) is 2.94. The molecule has 0 bridgehead atoms. The Balaban J connectivity index is 1.76. The Hall–Kier alpha value is -1.94. The number of fused-ring (bicyclic) bond motifs is 1. The van der Waals surface area contributed by atoms with Gasteiger partial charge in [-0.15, -0.1) is 0 Å². The van der Waals surface area contributed by atoms with Gasteiger partial charge >= 0.3 is 0 Å². The van der Waals surface area contributed by atoms with Crippen molar-refractivity contribution in [1.82, 2.24) is 4.98 Å². The minimum atomic E-state index is 0.280. The highest BCUT2D eigenvalue weighted by atomic mass is 35.5. The van der Waals surface area contributed by atoms with Crippen LogP contribution in [-0.4, -0.2) is 11.8 Å². The van der Waals surface area contributed by atoms with Crippen molar-refractivity contribution in [3.63, 3.8) is 0 Å². The van der Waals surface area contributed by atoms with Crippen LogP contribution in [0.4, 0.5) is 5.82 Å². The van der Waals surface area contributed by atoms with Crippen molar-refractivity contribution in [1.29, 1.82) is 0 Å². The fourth-order valence-electron chi connectivity index (χ4n) is 1.82. The molecule has 1 N–H and O–H groups in total. The fraction of sp³-hybridized carbons (Fsp3) is 0.154. The van der Waals surface area contributed by atoms with E-state index in [1.807, 2.05) is 30.3 Å². The maximum atomic E-state index is 5.82. The third kappa shape index (κ3) is 2.19.